The monoisotopic (exact) mass is 449 g/mol. The molecule has 3 aromatic heterocycles. The molecule has 1 N–H and O–H groups in total. The molecule has 0 unspecified atom stereocenters. The fourth-order valence-electron chi connectivity index (χ4n) is 4.05. The van der Waals surface area contributed by atoms with Gasteiger partial charge in [-0.15, -0.1) is 0 Å². The topological polar surface area (TPSA) is 79.3 Å². The molecule has 8 nitrogen and oxygen atoms in total. The van der Waals surface area contributed by atoms with Gasteiger partial charge in [-0.25, -0.2) is 15.0 Å². The van der Waals surface area contributed by atoms with E-state index in [1.807, 2.05) is 6.07 Å². The number of pyridine rings is 1. The molecule has 0 amide bonds. The van der Waals surface area contributed by atoms with E-state index in [9.17, 15) is 0 Å². The van der Waals surface area contributed by atoms with E-state index in [1.54, 1.807) is 29.7 Å². The van der Waals surface area contributed by atoms with Crippen molar-refractivity contribution in [3.05, 3.63) is 41.7 Å². The third-order valence-electron chi connectivity index (χ3n) is 5.78. The summed E-state index contributed by atoms with van der Waals surface area (Å²) >= 11 is 1.66. The molecule has 9 heteroatoms. The first-order chi connectivity index (χ1) is 15.7. The Bertz CT molecular complexity index is 1130. The van der Waals surface area contributed by atoms with Crippen molar-refractivity contribution >= 4 is 39.7 Å². The molecular formula is C23H27N7OS. The van der Waals surface area contributed by atoms with E-state index >= 15 is 0 Å². The Morgan fingerprint density at radius 1 is 1.06 bits per heavy atom. The normalized spacial score (nSPS) is 17.6. The van der Waals surface area contributed by atoms with Crippen LogP contribution in [0.2, 0.25) is 0 Å². The van der Waals surface area contributed by atoms with E-state index < -0.39 is 0 Å². The minimum atomic E-state index is 0.655. The lowest BCUT2D eigenvalue weighted by atomic mass is 10.1. The summed E-state index contributed by atoms with van der Waals surface area (Å²) in [6.45, 7) is 15.7. The molecule has 0 saturated carbocycles. The highest BCUT2D eigenvalue weighted by molar-refractivity contribution is 7.18. The van der Waals surface area contributed by atoms with Gasteiger partial charge in [-0.2, -0.15) is 0 Å². The lowest BCUT2D eigenvalue weighted by Gasteiger charge is -2.28. The molecule has 2 aliphatic heterocycles. The van der Waals surface area contributed by atoms with Gasteiger partial charge in [-0.3, -0.25) is 9.88 Å². The van der Waals surface area contributed by atoms with Gasteiger partial charge in [0.25, 0.3) is 0 Å². The van der Waals surface area contributed by atoms with Gasteiger partial charge in [0.1, 0.15) is 15.4 Å². The predicted molar refractivity (Wildman–Crippen MR) is 130 cm³/mol. The van der Waals surface area contributed by atoms with E-state index in [2.05, 4.69) is 33.3 Å². The average Bonchev–Trinajstić information content (AvgIpc) is 3.26. The zero-order valence-electron chi connectivity index (χ0n) is 18.1. The Labute approximate surface area is 191 Å². The van der Waals surface area contributed by atoms with Crippen LogP contribution in [0.1, 0.15) is 16.3 Å². The predicted octanol–water partition coefficient (Wildman–Crippen LogP) is 2.68. The quantitative estimate of drug-likeness (QED) is 0.615. The molecule has 3 aromatic rings. The van der Waals surface area contributed by atoms with Gasteiger partial charge in [0.05, 0.1) is 25.5 Å². The molecule has 0 aromatic carbocycles. The Kier molecular flexibility index (Phi) is 6.22. The van der Waals surface area contributed by atoms with Gasteiger partial charge in [0, 0.05) is 56.6 Å². The van der Waals surface area contributed by atoms with Gasteiger partial charge in [0.15, 0.2) is 11.6 Å². The fraction of sp³-hybridized carbons (Fsp3) is 0.391. The molecule has 0 atom stereocenters. The number of thiazole rings is 1. The highest BCUT2D eigenvalue weighted by Crippen LogP contribution is 2.32. The second-order valence-corrected chi connectivity index (χ2v) is 8.93. The first kappa shape index (κ1) is 21.1. The number of anilines is 1. The number of ether oxygens (including phenoxy) is 1. The van der Waals surface area contributed by atoms with E-state index in [0.717, 1.165) is 83.8 Å². The van der Waals surface area contributed by atoms with Crippen LogP contribution in [0.3, 0.4) is 0 Å². The molecule has 5 heterocycles. The van der Waals surface area contributed by atoms with E-state index in [4.69, 9.17) is 19.7 Å². The van der Waals surface area contributed by atoms with Gasteiger partial charge < -0.3 is 15.0 Å². The van der Waals surface area contributed by atoms with Crippen molar-refractivity contribution in [3.63, 3.8) is 0 Å². The molecule has 0 radical (unpaired) electrons. The molecule has 0 aliphatic carbocycles. The first-order valence-corrected chi connectivity index (χ1v) is 11.8. The molecular weight excluding hydrogens is 422 g/mol. The number of rotatable bonds is 6. The van der Waals surface area contributed by atoms with Crippen LogP contribution in [0.25, 0.3) is 33.9 Å². The number of hydrogen-bond acceptors (Lipinski definition) is 9. The van der Waals surface area contributed by atoms with Crippen molar-refractivity contribution < 1.29 is 4.74 Å². The van der Waals surface area contributed by atoms with Gasteiger partial charge in [-0.05, 0) is 12.1 Å². The molecule has 32 heavy (non-hydrogen) atoms. The van der Waals surface area contributed by atoms with Crippen LogP contribution in [0.4, 0.5) is 5.82 Å². The molecule has 166 valence electrons. The maximum absolute atomic E-state index is 5.56. The van der Waals surface area contributed by atoms with Crippen LogP contribution in [-0.2, 0) is 11.3 Å². The third kappa shape index (κ3) is 4.29. The third-order valence-corrected chi connectivity index (χ3v) is 6.72. The van der Waals surface area contributed by atoms with Crippen molar-refractivity contribution in [2.24, 2.45) is 0 Å². The SMILES string of the molecule is C=Cc1cc(-c2nc(N3CCOCC3)c3nc(CN4CCNCC4)sc3n2)cnc1C=C. The number of fused-ring (bicyclic) bond motifs is 1. The fourth-order valence-corrected chi connectivity index (χ4v) is 5.03. The number of piperazine rings is 1. The summed E-state index contributed by atoms with van der Waals surface area (Å²) < 4.78 is 5.56. The zero-order valence-corrected chi connectivity index (χ0v) is 18.9. The summed E-state index contributed by atoms with van der Waals surface area (Å²) in [6.07, 6.45) is 5.32. The summed E-state index contributed by atoms with van der Waals surface area (Å²) in [5.74, 6) is 1.53. The number of nitrogens with zero attached hydrogens (tertiary/aromatic N) is 6. The summed E-state index contributed by atoms with van der Waals surface area (Å²) in [5, 5.41) is 4.48. The standard InChI is InChI=1S/C23H27N7OS/c1-3-16-13-17(14-25-18(16)4-2)21-27-22(30-9-11-31-12-10-30)20-23(28-21)32-19(26-20)15-29-7-5-24-6-8-29/h3-4,13-14,24H,1-2,5-12,15H2. The lowest BCUT2D eigenvalue weighted by molar-refractivity contribution is 0.122. The van der Waals surface area contributed by atoms with Crippen molar-refractivity contribution in [2.45, 2.75) is 6.54 Å². The van der Waals surface area contributed by atoms with Crippen LogP contribution in [-0.4, -0.2) is 77.3 Å². The van der Waals surface area contributed by atoms with Crippen LogP contribution >= 0.6 is 11.3 Å². The van der Waals surface area contributed by atoms with E-state index in [1.165, 1.54) is 0 Å². The second-order valence-electron chi connectivity index (χ2n) is 7.86. The molecule has 0 bridgehead atoms. The molecule has 0 spiro atoms. The molecule has 2 fully saturated rings. The molecule has 5 rings (SSSR count). The molecule has 2 aliphatic rings. The summed E-state index contributed by atoms with van der Waals surface area (Å²) in [4.78, 5) is 25.0. The highest BCUT2D eigenvalue weighted by Gasteiger charge is 2.22. The van der Waals surface area contributed by atoms with Crippen LogP contribution < -0.4 is 10.2 Å². The van der Waals surface area contributed by atoms with Gasteiger partial charge in [-0.1, -0.05) is 30.6 Å². The minimum absolute atomic E-state index is 0.655. The van der Waals surface area contributed by atoms with Crippen molar-refractivity contribution in [3.8, 4) is 11.4 Å². The summed E-state index contributed by atoms with van der Waals surface area (Å²) in [5.41, 5.74) is 3.46. The van der Waals surface area contributed by atoms with Crippen LogP contribution in [0.5, 0.6) is 0 Å². The Hall–Kier alpha value is -2.72. The Balaban J connectivity index is 1.57. The first-order valence-electron chi connectivity index (χ1n) is 10.9. The minimum Gasteiger partial charge on any atom is -0.378 e. The van der Waals surface area contributed by atoms with Crippen molar-refractivity contribution in [1.82, 2.24) is 30.2 Å². The average molecular weight is 450 g/mol. The number of morpholine rings is 1. The van der Waals surface area contributed by atoms with Crippen LogP contribution in [0.15, 0.2) is 25.4 Å². The van der Waals surface area contributed by atoms with Gasteiger partial charge >= 0.3 is 0 Å². The smallest absolute Gasteiger partial charge is 0.164 e. The maximum atomic E-state index is 5.56. The Morgan fingerprint density at radius 2 is 1.88 bits per heavy atom. The largest absolute Gasteiger partial charge is 0.378 e. The van der Waals surface area contributed by atoms with Crippen molar-refractivity contribution in [1.29, 1.82) is 0 Å². The lowest BCUT2D eigenvalue weighted by Crippen LogP contribution is -2.42. The number of aromatic nitrogens is 4. The van der Waals surface area contributed by atoms with Gasteiger partial charge in [0.2, 0.25) is 0 Å². The van der Waals surface area contributed by atoms with E-state index in [-0.39, 0.29) is 0 Å². The summed E-state index contributed by atoms with van der Waals surface area (Å²) in [7, 11) is 0. The maximum Gasteiger partial charge on any atom is 0.164 e. The zero-order chi connectivity index (χ0) is 21.9. The Morgan fingerprint density at radius 3 is 2.62 bits per heavy atom. The summed E-state index contributed by atoms with van der Waals surface area (Å²) in [6, 6.07) is 2.02. The molecule has 2 saturated heterocycles. The van der Waals surface area contributed by atoms with E-state index in [0.29, 0.717) is 19.0 Å². The number of nitrogens with one attached hydrogen (secondary N) is 1. The second kappa shape index (κ2) is 9.41. The van der Waals surface area contributed by atoms with Crippen LogP contribution in [0, 0.1) is 0 Å². The highest BCUT2D eigenvalue weighted by atomic mass is 32.1. The number of hydrogen-bond donors (Lipinski definition) is 1. The van der Waals surface area contributed by atoms with Crippen molar-refractivity contribution in [2.75, 3.05) is 57.4 Å².